The maximum absolute atomic E-state index is 12.7. The molecule has 0 aliphatic carbocycles. The van der Waals surface area contributed by atoms with Gasteiger partial charge in [0.25, 0.3) is 5.91 Å². The molecule has 0 saturated carbocycles. The van der Waals surface area contributed by atoms with Crippen molar-refractivity contribution in [2.45, 2.75) is 0 Å². The zero-order valence-corrected chi connectivity index (χ0v) is 14.5. The third kappa shape index (κ3) is 3.90. The summed E-state index contributed by atoms with van der Waals surface area (Å²) in [6.07, 6.45) is 0. The zero-order chi connectivity index (χ0) is 17.8. The van der Waals surface area contributed by atoms with E-state index in [0.29, 0.717) is 32.4 Å². The molecule has 0 spiro atoms. The normalized spacial score (nSPS) is 10.3. The Morgan fingerprint density at radius 2 is 1.36 bits per heavy atom. The number of rotatable bonds is 4. The Bertz CT molecular complexity index is 939. The third-order valence-electron chi connectivity index (χ3n) is 3.63. The maximum Gasteiger partial charge on any atom is 0.256 e. The van der Waals surface area contributed by atoms with Crippen molar-refractivity contribution in [3.8, 4) is 0 Å². The molecule has 0 atom stereocenters. The molecule has 0 radical (unpaired) electrons. The van der Waals surface area contributed by atoms with E-state index in [9.17, 15) is 9.59 Å². The SMILES string of the molecule is O=C(Nc1ccc(Cl)c(Cl)c1)c1ccccc1C(=O)c1ccccc1. The average Bonchev–Trinajstić information content (AvgIpc) is 2.65. The molecule has 5 heteroatoms. The van der Waals surface area contributed by atoms with E-state index in [2.05, 4.69) is 5.32 Å². The molecule has 0 fully saturated rings. The monoisotopic (exact) mass is 369 g/mol. The topological polar surface area (TPSA) is 46.2 Å². The van der Waals surface area contributed by atoms with Crippen molar-refractivity contribution in [2.24, 2.45) is 0 Å². The van der Waals surface area contributed by atoms with E-state index in [1.807, 2.05) is 6.07 Å². The molecule has 124 valence electrons. The van der Waals surface area contributed by atoms with E-state index >= 15 is 0 Å². The molecular weight excluding hydrogens is 357 g/mol. The van der Waals surface area contributed by atoms with E-state index in [-0.39, 0.29) is 5.78 Å². The summed E-state index contributed by atoms with van der Waals surface area (Å²) in [6.45, 7) is 0. The second-order valence-corrected chi connectivity index (χ2v) is 6.14. The van der Waals surface area contributed by atoms with Gasteiger partial charge in [0.1, 0.15) is 0 Å². The summed E-state index contributed by atoms with van der Waals surface area (Å²) >= 11 is 11.8. The minimum atomic E-state index is -0.390. The summed E-state index contributed by atoms with van der Waals surface area (Å²) in [6, 6.07) is 20.3. The van der Waals surface area contributed by atoms with Crippen LogP contribution in [0.1, 0.15) is 26.3 Å². The zero-order valence-electron chi connectivity index (χ0n) is 13.0. The van der Waals surface area contributed by atoms with Crippen LogP contribution in [0.25, 0.3) is 0 Å². The summed E-state index contributed by atoms with van der Waals surface area (Å²) < 4.78 is 0. The van der Waals surface area contributed by atoms with Gasteiger partial charge in [-0.1, -0.05) is 71.7 Å². The Morgan fingerprint density at radius 1 is 0.720 bits per heavy atom. The fourth-order valence-corrected chi connectivity index (χ4v) is 2.69. The molecule has 0 aromatic heterocycles. The first-order chi connectivity index (χ1) is 12.1. The van der Waals surface area contributed by atoms with Crippen LogP contribution in [0.15, 0.2) is 72.8 Å². The molecule has 0 saturated heterocycles. The number of carbonyl (C=O) groups excluding carboxylic acids is 2. The van der Waals surface area contributed by atoms with Gasteiger partial charge in [-0.3, -0.25) is 9.59 Å². The van der Waals surface area contributed by atoms with Gasteiger partial charge < -0.3 is 5.32 Å². The third-order valence-corrected chi connectivity index (χ3v) is 4.37. The predicted molar refractivity (Wildman–Crippen MR) is 101 cm³/mol. The standard InChI is InChI=1S/C20H13Cl2NO2/c21-17-11-10-14(12-18(17)22)23-20(25)16-9-5-4-8-15(16)19(24)13-6-2-1-3-7-13/h1-12H,(H,23,25). The van der Waals surface area contributed by atoms with Crippen LogP contribution >= 0.6 is 23.2 Å². The number of carbonyl (C=O) groups is 2. The largest absolute Gasteiger partial charge is 0.322 e. The van der Waals surface area contributed by atoms with Gasteiger partial charge in [0.05, 0.1) is 15.6 Å². The van der Waals surface area contributed by atoms with Crippen LogP contribution in [0, 0.1) is 0 Å². The maximum atomic E-state index is 12.7. The van der Waals surface area contributed by atoms with Crippen LogP contribution in [0.4, 0.5) is 5.69 Å². The van der Waals surface area contributed by atoms with Crippen LogP contribution in [0.2, 0.25) is 10.0 Å². The molecule has 1 amide bonds. The number of amides is 1. The number of ketones is 1. The summed E-state index contributed by atoms with van der Waals surface area (Å²) in [4.78, 5) is 25.3. The Kier molecular flexibility index (Phi) is 5.17. The van der Waals surface area contributed by atoms with Gasteiger partial charge in [-0.15, -0.1) is 0 Å². The van der Waals surface area contributed by atoms with Crippen molar-refractivity contribution in [2.75, 3.05) is 5.32 Å². The van der Waals surface area contributed by atoms with Gasteiger partial charge in [-0.05, 0) is 24.3 Å². The molecular formula is C20H13Cl2NO2. The molecule has 0 heterocycles. The number of hydrogen-bond acceptors (Lipinski definition) is 2. The highest BCUT2D eigenvalue weighted by molar-refractivity contribution is 6.42. The predicted octanol–water partition coefficient (Wildman–Crippen LogP) is 5.48. The van der Waals surface area contributed by atoms with Crippen molar-refractivity contribution in [3.63, 3.8) is 0 Å². The Morgan fingerprint density at radius 3 is 2.04 bits per heavy atom. The first kappa shape index (κ1) is 17.2. The number of hydrogen-bond donors (Lipinski definition) is 1. The Hall–Kier alpha value is -2.62. The Balaban J connectivity index is 1.91. The molecule has 0 unspecified atom stereocenters. The lowest BCUT2D eigenvalue weighted by Gasteiger charge is -2.10. The molecule has 0 aliphatic rings. The number of nitrogens with one attached hydrogen (secondary N) is 1. The Labute approximate surface area is 155 Å². The van der Waals surface area contributed by atoms with Gasteiger partial charge in [0.2, 0.25) is 0 Å². The molecule has 3 nitrogen and oxygen atoms in total. The second-order valence-electron chi connectivity index (χ2n) is 5.32. The lowest BCUT2D eigenvalue weighted by Crippen LogP contribution is -2.17. The first-order valence-corrected chi connectivity index (χ1v) is 8.27. The van der Waals surface area contributed by atoms with Crippen LogP contribution in [-0.2, 0) is 0 Å². The fraction of sp³-hybridized carbons (Fsp3) is 0. The molecule has 0 aliphatic heterocycles. The van der Waals surface area contributed by atoms with Crippen molar-refractivity contribution < 1.29 is 9.59 Å². The average molecular weight is 370 g/mol. The molecule has 1 N–H and O–H groups in total. The number of benzene rings is 3. The highest BCUT2D eigenvalue weighted by Gasteiger charge is 2.18. The van der Waals surface area contributed by atoms with E-state index < -0.39 is 5.91 Å². The van der Waals surface area contributed by atoms with E-state index in [1.54, 1.807) is 66.7 Å². The summed E-state index contributed by atoms with van der Waals surface area (Å²) in [5.74, 6) is -0.598. The van der Waals surface area contributed by atoms with E-state index in [4.69, 9.17) is 23.2 Å². The van der Waals surface area contributed by atoms with Crippen molar-refractivity contribution in [1.82, 2.24) is 0 Å². The van der Waals surface area contributed by atoms with Crippen molar-refractivity contribution >= 4 is 40.6 Å². The fourth-order valence-electron chi connectivity index (χ4n) is 2.40. The van der Waals surface area contributed by atoms with Crippen molar-refractivity contribution in [3.05, 3.63) is 99.5 Å². The highest BCUT2D eigenvalue weighted by atomic mass is 35.5. The van der Waals surface area contributed by atoms with Gasteiger partial charge in [-0.2, -0.15) is 0 Å². The van der Waals surface area contributed by atoms with Crippen LogP contribution in [0.3, 0.4) is 0 Å². The molecule has 0 bridgehead atoms. The van der Waals surface area contributed by atoms with Crippen LogP contribution in [-0.4, -0.2) is 11.7 Å². The summed E-state index contributed by atoms with van der Waals surface area (Å²) in [5.41, 5.74) is 1.66. The van der Waals surface area contributed by atoms with Crippen LogP contribution in [0.5, 0.6) is 0 Å². The highest BCUT2D eigenvalue weighted by Crippen LogP contribution is 2.25. The second kappa shape index (κ2) is 7.51. The molecule has 3 aromatic carbocycles. The summed E-state index contributed by atoms with van der Waals surface area (Å²) in [5, 5.41) is 3.48. The van der Waals surface area contributed by atoms with E-state index in [1.165, 1.54) is 0 Å². The smallest absolute Gasteiger partial charge is 0.256 e. The number of anilines is 1. The van der Waals surface area contributed by atoms with Gasteiger partial charge in [0, 0.05) is 16.8 Å². The molecule has 25 heavy (non-hydrogen) atoms. The lowest BCUT2D eigenvalue weighted by atomic mass is 9.98. The molecule has 3 rings (SSSR count). The summed E-state index contributed by atoms with van der Waals surface area (Å²) in [7, 11) is 0. The van der Waals surface area contributed by atoms with Crippen LogP contribution < -0.4 is 5.32 Å². The minimum Gasteiger partial charge on any atom is -0.322 e. The minimum absolute atomic E-state index is 0.208. The number of halogens is 2. The van der Waals surface area contributed by atoms with Crippen molar-refractivity contribution in [1.29, 1.82) is 0 Å². The first-order valence-electron chi connectivity index (χ1n) is 7.51. The van der Waals surface area contributed by atoms with Gasteiger partial charge >= 0.3 is 0 Å². The molecule has 3 aromatic rings. The quantitative estimate of drug-likeness (QED) is 0.619. The lowest BCUT2D eigenvalue weighted by molar-refractivity contribution is 0.0996. The van der Waals surface area contributed by atoms with Gasteiger partial charge in [0.15, 0.2) is 5.78 Å². The van der Waals surface area contributed by atoms with Gasteiger partial charge in [-0.25, -0.2) is 0 Å². The van der Waals surface area contributed by atoms with E-state index in [0.717, 1.165) is 0 Å².